The van der Waals surface area contributed by atoms with Crippen LogP contribution in [0.25, 0.3) is 0 Å². The van der Waals surface area contributed by atoms with Crippen LogP contribution in [-0.2, 0) is 13.0 Å². The zero-order valence-corrected chi connectivity index (χ0v) is 18.1. The minimum Gasteiger partial charge on any atom is -0.367 e. The lowest BCUT2D eigenvalue weighted by molar-refractivity contribution is 0.0940. The third kappa shape index (κ3) is 4.40. The van der Waals surface area contributed by atoms with Crippen molar-refractivity contribution in [2.75, 3.05) is 11.4 Å². The van der Waals surface area contributed by atoms with E-state index in [0.717, 1.165) is 25.1 Å². The molecule has 0 bridgehead atoms. The van der Waals surface area contributed by atoms with Gasteiger partial charge < -0.3 is 10.2 Å². The van der Waals surface area contributed by atoms with E-state index in [-0.39, 0.29) is 11.9 Å². The van der Waals surface area contributed by atoms with Crippen molar-refractivity contribution in [2.45, 2.75) is 46.2 Å². The molecule has 3 heteroatoms. The first-order chi connectivity index (χ1) is 14.5. The molecule has 154 valence electrons. The molecule has 0 saturated heterocycles. The maximum atomic E-state index is 12.8. The lowest BCUT2D eigenvalue weighted by Crippen LogP contribution is -2.29. The molecule has 1 N–H and O–H groups in total. The van der Waals surface area contributed by atoms with E-state index in [1.54, 1.807) is 0 Å². The fourth-order valence-corrected chi connectivity index (χ4v) is 4.43. The molecule has 30 heavy (non-hydrogen) atoms. The lowest BCUT2D eigenvalue weighted by atomic mass is 9.99. The van der Waals surface area contributed by atoms with Crippen LogP contribution in [0.15, 0.2) is 66.7 Å². The predicted octanol–water partition coefficient (Wildman–Crippen LogP) is 5.75. The van der Waals surface area contributed by atoms with E-state index in [9.17, 15) is 4.79 Å². The van der Waals surface area contributed by atoms with Crippen LogP contribution in [-0.4, -0.2) is 12.5 Å². The molecule has 3 aromatic rings. The third-order valence-corrected chi connectivity index (χ3v) is 6.04. The number of hydrogen-bond acceptors (Lipinski definition) is 2. The monoisotopic (exact) mass is 398 g/mol. The smallest absolute Gasteiger partial charge is 0.251 e. The summed E-state index contributed by atoms with van der Waals surface area (Å²) >= 11 is 0. The van der Waals surface area contributed by atoms with E-state index >= 15 is 0 Å². The highest BCUT2D eigenvalue weighted by molar-refractivity contribution is 5.94. The van der Waals surface area contributed by atoms with E-state index in [1.165, 1.54) is 34.4 Å². The summed E-state index contributed by atoms with van der Waals surface area (Å²) in [6, 6.07) is 23.0. The molecule has 0 saturated carbocycles. The number of nitrogens with zero attached hydrogens (tertiary/aromatic N) is 1. The van der Waals surface area contributed by atoms with Crippen LogP contribution in [0, 0.1) is 13.8 Å². The normalized spacial score (nSPS) is 14.2. The van der Waals surface area contributed by atoms with E-state index in [1.807, 2.05) is 19.1 Å². The molecule has 1 atom stereocenters. The summed E-state index contributed by atoms with van der Waals surface area (Å²) < 4.78 is 0. The average Bonchev–Trinajstić information content (AvgIpc) is 2.74. The molecule has 0 radical (unpaired) electrons. The minimum absolute atomic E-state index is 0.0253. The number of amides is 1. The zero-order valence-electron chi connectivity index (χ0n) is 18.1. The summed E-state index contributed by atoms with van der Waals surface area (Å²) in [6.07, 6.45) is 2.35. The molecular formula is C27H30N2O. The number of carbonyl (C=O) groups excluding carboxylic acids is 1. The number of anilines is 1. The van der Waals surface area contributed by atoms with Crippen molar-refractivity contribution in [3.05, 3.63) is 100 Å². The quantitative estimate of drug-likeness (QED) is 0.594. The first kappa shape index (κ1) is 20.2. The van der Waals surface area contributed by atoms with Gasteiger partial charge in [0.25, 0.3) is 5.91 Å². The van der Waals surface area contributed by atoms with Crippen LogP contribution in [0.5, 0.6) is 0 Å². The van der Waals surface area contributed by atoms with Gasteiger partial charge in [-0.25, -0.2) is 0 Å². The van der Waals surface area contributed by atoms with Gasteiger partial charge in [0, 0.05) is 24.3 Å². The molecule has 0 spiro atoms. The number of fused-ring (bicyclic) bond motifs is 1. The molecule has 1 aliphatic heterocycles. The molecule has 3 aromatic carbocycles. The molecule has 1 unspecified atom stereocenters. The largest absolute Gasteiger partial charge is 0.367 e. The van der Waals surface area contributed by atoms with Crippen molar-refractivity contribution in [2.24, 2.45) is 0 Å². The van der Waals surface area contributed by atoms with Gasteiger partial charge in [-0.2, -0.15) is 0 Å². The molecule has 3 nitrogen and oxygen atoms in total. The number of rotatable bonds is 5. The number of para-hydroxylation sites is 1. The van der Waals surface area contributed by atoms with Crippen LogP contribution in [0.1, 0.15) is 57.6 Å². The predicted molar refractivity (Wildman–Crippen MR) is 124 cm³/mol. The maximum absolute atomic E-state index is 12.8. The van der Waals surface area contributed by atoms with Gasteiger partial charge in [0.2, 0.25) is 0 Å². The highest BCUT2D eigenvalue weighted by Crippen LogP contribution is 2.28. The Kier molecular flexibility index (Phi) is 5.89. The number of carbonyl (C=O) groups is 1. The van der Waals surface area contributed by atoms with Gasteiger partial charge >= 0.3 is 0 Å². The van der Waals surface area contributed by atoms with Crippen LogP contribution < -0.4 is 10.2 Å². The molecule has 0 aromatic heterocycles. The van der Waals surface area contributed by atoms with Gasteiger partial charge in [-0.15, -0.1) is 0 Å². The van der Waals surface area contributed by atoms with Gasteiger partial charge in [0.15, 0.2) is 0 Å². The standard InChI is InChI=1S/C27H30N2O/c1-19-10-15-25(20(2)17-19)21(3)28-27(30)24-13-11-22(12-14-24)18-29-16-6-8-23-7-4-5-9-26(23)29/h4-5,7,9-15,17,21H,6,8,16,18H2,1-3H3,(H,28,30). The van der Waals surface area contributed by atoms with Crippen LogP contribution >= 0.6 is 0 Å². The Morgan fingerprint density at radius 3 is 2.57 bits per heavy atom. The summed E-state index contributed by atoms with van der Waals surface area (Å²) in [5.41, 5.74) is 8.31. The van der Waals surface area contributed by atoms with Crippen molar-refractivity contribution in [1.82, 2.24) is 5.32 Å². The highest BCUT2D eigenvalue weighted by atomic mass is 16.1. The number of hydrogen-bond donors (Lipinski definition) is 1. The fraction of sp³-hybridized carbons (Fsp3) is 0.296. The van der Waals surface area contributed by atoms with Gasteiger partial charge in [0.05, 0.1) is 6.04 Å². The van der Waals surface area contributed by atoms with Crippen LogP contribution in [0.4, 0.5) is 5.69 Å². The topological polar surface area (TPSA) is 32.3 Å². The van der Waals surface area contributed by atoms with Gasteiger partial charge in [0.1, 0.15) is 0 Å². The van der Waals surface area contributed by atoms with Gasteiger partial charge in [-0.3, -0.25) is 4.79 Å². The first-order valence-electron chi connectivity index (χ1n) is 10.8. The summed E-state index contributed by atoms with van der Waals surface area (Å²) in [4.78, 5) is 15.2. The summed E-state index contributed by atoms with van der Waals surface area (Å²) in [7, 11) is 0. The first-order valence-corrected chi connectivity index (χ1v) is 10.8. The number of nitrogens with one attached hydrogen (secondary N) is 1. The molecule has 1 aliphatic rings. The molecule has 0 aliphatic carbocycles. The Labute approximate surface area is 179 Å². The molecule has 1 heterocycles. The van der Waals surface area contributed by atoms with E-state index in [0.29, 0.717) is 5.56 Å². The van der Waals surface area contributed by atoms with Crippen LogP contribution in [0.3, 0.4) is 0 Å². The Hall–Kier alpha value is -3.07. The van der Waals surface area contributed by atoms with Crippen molar-refractivity contribution < 1.29 is 4.79 Å². The lowest BCUT2D eigenvalue weighted by Gasteiger charge is -2.31. The van der Waals surface area contributed by atoms with Crippen molar-refractivity contribution in [1.29, 1.82) is 0 Å². The number of benzene rings is 3. The van der Waals surface area contributed by atoms with E-state index in [4.69, 9.17) is 0 Å². The van der Waals surface area contributed by atoms with Gasteiger partial charge in [-0.1, -0.05) is 54.1 Å². The SMILES string of the molecule is Cc1ccc(C(C)NC(=O)c2ccc(CN3CCCc4ccccc43)cc2)c(C)c1. The van der Waals surface area contributed by atoms with Crippen molar-refractivity contribution in [3.8, 4) is 0 Å². The summed E-state index contributed by atoms with van der Waals surface area (Å²) in [6.45, 7) is 8.17. The van der Waals surface area contributed by atoms with Gasteiger partial charge in [-0.05, 0) is 74.1 Å². The molecule has 0 fully saturated rings. The van der Waals surface area contributed by atoms with Crippen molar-refractivity contribution in [3.63, 3.8) is 0 Å². The Balaban J connectivity index is 1.42. The Morgan fingerprint density at radius 2 is 1.80 bits per heavy atom. The molecule has 1 amide bonds. The maximum Gasteiger partial charge on any atom is 0.251 e. The Morgan fingerprint density at radius 1 is 1.03 bits per heavy atom. The number of aryl methyl sites for hydroxylation is 3. The van der Waals surface area contributed by atoms with E-state index in [2.05, 4.69) is 78.7 Å². The highest BCUT2D eigenvalue weighted by Gasteiger charge is 2.17. The van der Waals surface area contributed by atoms with Crippen molar-refractivity contribution >= 4 is 11.6 Å². The second-order valence-corrected chi connectivity index (χ2v) is 8.41. The minimum atomic E-state index is -0.0302. The second-order valence-electron chi connectivity index (χ2n) is 8.41. The fourth-order valence-electron chi connectivity index (χ4n) is 4.43. The van der Waals surface area contributed by atoms with Crippen LogP contribution in [0.2, 0.25) is 0 Å². The average molecular weight is 399 g/mol. The molecular weight excluding hydrogens is 368 g/mol. The summed E-state index contributed by atoms with van der Waals surface area (Å²) in [5, 5.41) is 3.14. The van der Waals surface area contributed by atoms with E-state index < -0.39 is 0 Å². The second kappa shape index (κ2) is 8.74. The Bertz CT molecular complexity index is 1040. The third-order valence-electron chi connectivity index (χ3n) is 6.04. The molecule has 4 rings (SSSR count). The zero-order chi connectivity index (χ0) is 21.1. The summed E-state index contributed by atoms with van der Waals surface area (Å²) in [5.74, 6) is -0.0302.